The van der Waals surface area contributed by atoms with Crippen molar-refractivity contribution in [3.05, 3.63) is 88.5 Å². The fraction of sp³-hybridized carbons (Fsp3) is 0.231. The van der Waals surface area contributed by atoms with Gasteiger partial charge in [0, 0.05) is 41.6 Å². The molecule has 0 atom stereocenters. The number of para-hydroxylation sites is 2. The normalized spacial score (nSPS) is 10.6. The zero-order chi connectivity index (χ0) is 23.0. The fourth-order valence-corrected chi connectivity index (χ4v) is 3.89. The highest BCUT2D eigenvalue weighted by molar-refractivity contribution is 6.07. The largest absolute Gasteiger partial charge is 0.384 e. The third-order valence-corrected chi connectivity index (χ3v) is 5.62. The fourth-order valence-electron chi connectivity index (χ4n) is 3.89. The van der Waals surface area contributed by atoms with E-state index in [9.17, 15) is 14.9 Å². The number of hydrogen-bond acceptors (Lipinski definition) is 5. The van der Waals surface area contributed by atoms with E-state index < -0.39 is 4.92 Å². The van der Waals surface area contributed by atoms with Gasteiger partial charge in [0.2, 0.25) is 0 Å². The molecule has 0 bridgehead atoms. The maximum atomic E-state index is 12.1. The van der Waals surface area contributed by atoms with Gasteiger partial charge in [-0.2, -0.15) is 0 Å². The van der Waals surface area contributed by atoms with Crippen molar-refractivity contribution >= 4 is 51.5 Å². The monoisotopic (exact) mass is 478 g/mol. The van der Waals surface area contributed by atoms with Gasteiger partial charge in [0.1, 0.15) is 0 Å². The number of aromatic nitrogens is 1. The first-order valence-electron chi connectivity index (χ1n) is 11.2. The van der Waals surface area contributed by atoms with Gasteiger partial charge in [-0.3, -0.25) is 14.9 Å². The number of hydrogen-bond donors (Lipinski definition) is 2. The zero-order valence-corrected chi connectivity index (χ0v) is 19.5. The summed E-state index contributed by atoms with van der Waals surface area (Å²) in [5.41, 5.74) is 3.52. The summed E-state index contributed by atoms with van der Waals surface area (Å²) in [5, 5.41) is 19.4. The Kier molecular flexibility index (Phi) is 8.76. The average molecular weight is 479 g/mol. The van der Waals surface area contributed by atoms with Gasteiger partial charge < -0.3 is 10.6 Å². The Morgan fingerprint density at radius 1 is 0.794 bits per heavy atom. The molecular weight excluding hydrogens is 452 g/mol. The van der Waals surface area contributed by atoms with E-state index in [0.29, 0.717) is 12.1 Å². The number of halogens is 1. The number of nitrogens with one attached hydrogen (secondary N) is 2. The van der Waals surface area contributed by atoms with Crippen molar-refractivity contribution < 1.29 is 9.72 Å². The SMILES string of the molecule is Cl.O=C(NCCCCCCNc1c2ccccc2nc2ccccc12)c1ccc([N+](=O)[O-])cc1. The third-order valence-electron chi connectivity index (χ3n) is 5.62. The molecule has 0 saturated heterocycles. The molecule has 0 aliphatic heterocycles. The number of anilines is 1. The van der Waals surface area contributed by atoms with Crippen LogP contribution in [0.4, 0.5) is 11.4 Å². The second-order valence-electron chi connectivity index (χ2n) is 7.92. The molecule has 0 radical (unpaired) electrons. The quantitative estimate of drug-likeness (QED) is 0.124. The Labute approximate surface area is 204 Å². The number of nitro groups is 1. The Morgan fingerprint density at radius 2 is 1.35 bits per heavy atom. The first-order chi connectivity index (χ1) is 16.1. The molecule has 8 heteroatoms. The van der Waals surface area contributed by atoms with Crippen LogP contribution in [0.5, 0.6) is 0 Å². The Bertz CT molecular complexity index is 1220. The minimum Gasteiger partial charge on any atom is -0.384 e. The molecule has 34 heavy (non-hydrogen) atoms. The lowest BCUT2D eigenvalue weighted by Gasteiger charge is -2.13. The predicted molar refractivity (Wildman–Crippen MR) is 139 cm³/mol. The summed E-state index contributed by atoms with van der Waals surface area (Å²) in [6.45, 7) is 1.45. The van der Waals surface area contributed by atoms with Crippen molar-refractivity contribution in [2.24, 2.45) is 0 Å². The van der Waals surface area contributed by atoms with Crippen LogP contribution in [-0.4, -0.2) is 28.9 Å². The van der Waals surface area contributed by atoms with Crippen LogP contribution in [-0.2, 0) is 0 Å². The molecule has 0 aliphatic carbocycles. The van der Waals surface area contributed by atoms with E-state index in [4.69, 9.17) is 4.98 Å². The van der Waals surface area contributed by atoms with E-state index in [0.717, 1.165) is 59.7 Å². The van der Waals surface area contributed by atoms with Crippen molar-refractivity contribution in [1.82, 2.24) is 10.3 Å². The van der Waals surface area contributed by atoms with Crippen LogP contribution in [0, 0.1) is 10.1 Å². The summed E-state index contributed by atoms with van der Waals surface area (Å²) in [5.74, 6) is -0.206. The summed E-state index contributed by atoms with van der Waals surface area (Å²) in [6, 6.07) is 22.0. The highest BCUT2D eigenvalue weighted by atomic mass is 35.5. The lowest BCUT2D eigenvalue weighted by molar-refractivity contribution is -0.384. The van der Waals surface area contributed by atoms with E-state index >= 15 is 0 Å². The van der Waals surface area contributed by atoms with Crippen LogP contribution in [0.3, 0.4) is 0 Å². The van der Waals surface area contributed by atoms with Crippen LogP contribution >= 0.6 is 12.4 Å². The number of benzene rings is 3. The molecule has 4 aromatic rings. The van der Waals surface area contributed by atoms with Gasteiger partial charge in [0.15, 0.2) is 0 Å². The molecule has 0 aliphatic rings. The number of non-ortho nitro benzene ring substituents is 1. The smallest absolute Gasteiger partial charge is 0.269 e. The van der Waals surface area contributed by atoms with Crippen LogP contribution in [0.25, 0.3) is 21.8 Å². The number of amides is 1. The van der Waals surface area contributed by atoms with Crippen molar-refractivity contribution in [1.29, 1.82) is 0 Å². The average Bonchev–Trinajstić information content (AvgIpc) is 2.84. The Balaban J connectivity index is 0.00000324. The summed E-state index contributed by atoms with van der Waals surface area (Å²) in [7, 11) is 0. The van der Waals surface area contributed by atoms with Gasteiger partial charge in [-0.05, 0) is 37.1 Å². The third kappa shape index (κ3) is 5.99. The highest BCUT2D eigenvalue weighted by Crippen LogP contribution is 2.30. The Hall–Kier alpha value is -3.71. The predicted octanol–water partition coefficient (Wildman–Crippen LogP) is 6.12. The summed E-state index contributed by atoms with van der Waals surface area (Å²) < 4.78 is 0. The number of pyridine rings is 1. The van der Waals surface area contributed by atoms with Crippen LogP contribution in [0.15, 0.2) is 72.8 Å². The van der Waals surface area contributed by atoms with Gasteiger partial charge in [-0.25, -0.2) is 4.98 Å². The number of unbranched alkanes of at least 4 members (excludes halogenated alkanes) is 3. The second kappa shape index (κ2) is 12.0. The zero-order valence-electron chi connectivity index (χ0n) is 18.7. The van der Waals surface area contributed by atoms with Crippen molar-refractivity contribution in [2.45, 2.75) is 25.7 Å². The lowest BCUT2D eigenvalue weighted by Crippen LogP contribution is -2.24. The summed E-state index contributed by atoms with van der Waals surface area (Å²) in [6.07, 6.45) is 3.99. The first kappa shape index (κ1) is 24.9. The maximum Gasteiger partial charge on any atom is 0.269 e. The molecule has 3 aromatic carbocycles. The molecule has 1 heterocycles. The highest BCUT2D eigenvalue weighted by Gasteiger charge is 2.09. The second-order valence-corrected chi connectivity index (χ2v) is 7.92. The molecule has 0 fully saturated rings. The number of nitrogens with zero attached hydrogens (tertiary/aromatic N) is 2. The van der Waals surface area contributed by atoms with Gasteiger partial charge >= 0.3 is 0 Å². The van der Waals surface area contributed by atoms with Crippen LogP contribution in [0.2, 0.25) is 0 Å². The Morgan fingerprint density at radius 3 is 1.94 bits per heavy atom. The van der Waals surface area contributed by atoms with E-state index in [1.165, 1.54) is 24.3 Å². The lowest BCUT2D eigenvalue weighted by atomic mass is 10.1. The molecule has 2 N–H and O–H groups in total. The van der Waals surface area contributed by atoms with Crippen molar-refractivity contribution in [2.75, 3.05) is 18.4 Å². The van der Waals surface area contributed by atoms with E-state index in [1.54, 1.807) is 0 Å². The number of rotatable bonds is 10. The molecule has 0 saturated carbocycles. The number of carbonyl (C=O) groups is 1. The summed E-state index contributed by atoms with van der Waals surface area (Å²) in [4.78, 5) is 27.1. The minimum absolute atomic E-state index is 0. The van der Waals surface area contributed by atoms with Gasteiger partial charge in [0.25, 0.3) is 11.6 Å². The van der Waals surface area contributed by atoms with Crippen LogP contribution in [0.1, 0.15) is 36.0 Å². The van der Waals surface area contributed by atoms with Gasteiger partial charge in [0.05, 0.1) is 21.6 Å². The molecular formula is C26H27ClN4O3. The molecule has 176 valence electrons. The molecule has 7 nitrogen and oxygen atoms in total. The first-order valence-corrected chi connectivity index (χ1v) is 11.2. The maximum absolute atomic E-state index is 12.1. The van der Waals surface area contributed by atoms with Gasteiger partial charge in [-0.15, -0.1) is 12.4 Å². The van der Waals surface area contributed by atoms with E-state index in [2.05, 4.69) is 22.8 Å². The molecule has 0 spiro atoms. The van der Waals surface area contributed by atoms with Crippen molar-refractivity contribution in [3.63, 3.8) is 0 Å². The standard InChI is InChI=1S/C26H26N4O3.ClH/c31-26(19-13-15-20(16-14-19)30(32)33)28-18-8-2-1-7-17-27-25-21-9-3-5-11-23(21)29-24-12-6-4-10-22(24)25;/h3-6,9-16H,1-2,7-8,17-18H2,(H,27,29)(H,28,31);1H. The molecule has 1 amide bonds. The number of nitro benzene ring substituents is 1. The van der Waals surface area contributed by atoms with Crippen molar-refractivity contribution in [3.8, 4) is 0 Å². The molecule has 0 unspecified atom stereocenters. The van der Waals surface area contributed by atoms with E-state index in [-0.39, 0.29) is 24.0 Å². The number of carbonyl (C=O) groups excluding carboxylic acids is 1. The molecule has 4 rings (SSSR count). The van der Waals surface area contributed by atoms with Gasteiger partial charge in [-0.1, -0.05) is 49.2 Å². The molecule has 1 aromatic heterocycles. The number of fused-ring (bicyclic) bond motifs is 2. The van der Waals surface area contributed by atoms with Crippen LogP contribution < -0.4 is 10.6 Å². The topological polar surface area (TPSA) is 97.2 Å². The van der Waals surface area contributed by atoms with E-state index in [1.807, 2.05) is 36.4 Å². The minimum atomic E-state index is -0.476. The summed E-state index contributed by atoms with van der Waals surface area (Å²) >= 11 is 0.